The fourth-order valence-electron chi connectivity index (χ4n) is 7.41. The molecule has 0 aliphatic heterocycles. The van der Waals surface area contributed by atoms with Crippen LogP contribution in [0.15, 0.2) is 30.3 Å². The van der Waals surface area contributed by atoms with Gasteiger partial charge in [0, 0.05) is 17.4 Å². The Labute approximate surface area is 182 Å². The van der Waals surface area contributed by atoms with Crippen molar-refractivity contribution in [1.82, 2.24) is 4.98 Å². The summed E-state index contributed by atoms with van der Waals surface area (Å²) in [4.78, 5) is 19.0. The normalized spacial score (nSPS) is 37.1. The average Bonchev–Trinajstić information content (AvgIpc) is 3.29. The van der Waals surface area contributed by atoms with E-state index in [4.69, 9.17) is 4.98 Å². The van der Waals surface area contributed by atoms with Crippen LogP contribution in [0.1, 0.15) is 62.9 Å². The molecule has 4 aliphatic rings. The molecule has 3 nitrogen and oxygen atoms in total. The number of ketones is 1. The summed E-state index contributed by atoms with van der Waals surface area (Å²) in [6.07, 6.45) is 9.97. The van der Waals surface area contributed by atoms with Gasteiger partial charge in [-0.1, -0.05) is 32.1 Å². The van der Waals surface area contributed by atoms with E-state index in [0.717, 1.165) is 49.1 Å². The molecule has 0 bridgehead atoms. The lowest BCUT2D eigenvalue weighted by atomic mass is 9.48. The van der Waals surface area contributed by atoms with Crippen molar-refractivity contribution in [2.75, 3.05) is 0 Å². The summed E-state index contributed by atoms with van der Waals surface area (Å²) in [6, 6.07) is 7.45. The van der Waals surface area contributed by atoms with Crippen LogP contribution in [0.3, 0.4) is 0 Å². The second-order valence-electron chi connectivity index (χ2n) is 10.4. The van der Waals surface area contributed by atoms with Crippen molar-refractivity contribution >= 4 is 22.7 Å². The first-order chi connectivity index (χ1) is 14.4. The van der Waals surface area contributed by atoms with Gasteiger partial charge in [-0.2, -0.15) is 0 Å². The highest BCUT2D eigenvalue weighted by Gasteiger charge is 2.58. The minimum Gasteiger partial charge on any atom is -0.508 e. The number of hydrogen-bond donors (Lipinski definition) is 1. The van der Waals surface area contributed by atoms with E-state index in [1.165, 1.54) is 22.6 Å². The first-order valence-corrected chi connectivity index (χ1v) is 12.3. The second-order valence-corrected chi connectivity index (χ2v) is 11.4. The van der Waals surface area contributed by atoms with Crippen LogP contribution >= 0.6 is 11.3 Å². The molecule has 2 fully saturated rings. The van der Waals surface area contributed by atoms with E-state index in [1.54, 1.807) is 17.4 Å². The number of hydrogen-bond acceptors (Lipinski definition) is 4. The van der Waals surface area contributed by atoms with Crippen molar-refractivity contribution in [1.29, 1.82) is 0 Å². The Morgan fingerprint density at radius 3 is 2.77 bits per heavy atom. The molecule has 30 heavy (non-hydrogen) atoms. The fraction of sp³-hybridized carbons (Fsp3) is 0.538. The van der Waals surface area contributed by atoms with Crippen LogP contribution in [0, 0.1) is 28.6 Å². The molecule has 0 radical (unpaired) electrons. The van der Waals surface area contributed by atoms with Crippen molar-refractivity contribution in [3.8, 4) is 16.3 Å². The van der Waals surface area contributed by atoms with E-state index >= 15 is 0 Å². The minimum absolute atomic E-state index is 0.0599. The minimum atomic E-state index is -0.0599. The number of aromatic hydroxyl groups is 1. The standard InChI is InChI=1S/C26H29NO2S/c1-25-13-11-21-23(30-24(27-21)15-4-3-5-16(28)14-15)20(25)7-6-17-18-8-9-22(29)26(18,2)12-10-19(17)25/h3-5,7,14,17-19,28H,6,8-13H2,1-2H3/t17-,18-,19-,25+,26-/m0/s1. The summed E-state index contributed by atoms with van der Waals surface area (Å²) in [5.41, 5.74) is 3.89. The van der Waals surface area contributed by atoms with Crippen LogP contribution in [0.5, 0.6) is 5.75 Å². The zero-order valence-corrected chi connectivity index (χ0v) is 18.6. The van der Waals surface area contributed by atoms with E-state index in [0.29, 0.717) is 29.3 Å². The summed E-state index contributed by atoms with van der Waals surface area (Å²) >= 11 is 1.80. The third-order valence-corrected chi connectivity index (χ3v) is 10.3. The predicted octanol–water partition coefficient (Wildman–Crippen LogP) is 6.27. The topological polar surface area (TPSA) is 50.2 Å². The highest BCUT2D eigenvalue weighted by molar-refractivity contribution is 7.16. The Morgan fingerprint density at radius 1 is 1.10 bits per heavy atom. The van der Waals surface area contributed by atoms with Crippen LogP contribution in [-0.4, -0.2) is 15.9 Å². The maximum Gasteiger partial charge on any atom is 0.139 e. The molecule has 156 valence electrons. The van der Waals surface area contributed by atoms with Gasteiger partial charge >= 0.3 is 0 Å². The van der Waals surface area contributed by atoms with Crippen LogP contribution in [-0.2, 0) is 11.2 Å². The van der Waals surface area contributed by atoms with Crippen LogP contribution < -0.4 is 0 Å². The molecule has 0 spiro atoms. The summed E-state index contributed by atoms with van der Waals surface area (Å²) in [6.45, 7) is 4.75. The van der Waals surface area contributed by atoms with Gasteiger partial charge < -0.3 is 5.11 Å². The quantitative estimate of drug-likeness (QED) is 0.593. The average molecular weight is 420 g/mol. The van der Waals surface area contributed by atoms with Gasteiger partial charge in [-0.15, -0.1) is 11.3 Å². The molecule has 5 atom stereocenters. The highest BCUT2D eigenvalue weighted by Crippen LogP contribution is 2.65. The molecule has 0 saturated heterocycles. The van der Waals surface area contributed by atoms with Gasteiger partial charge in [-0.3, -0.25) is 4.79 Å². The smallest absolute Gasteiger partial charge is 0.139 e. The molecule has 2 aromatic rings. The molecular weight excluding hydrogens is 390 g/mol. The fourth-order valence-corrected chi connectivity index (χ4v) is 8.70. The number of phenols is 1. The summed E-state index contributed by atoms with van der Waals surface area (Å²) < 4.78 is 0. The molecule has 0 unspecified atom stereocenters. The van der Waals surface area contributed by atoms with Gasteiger partial charge in [0.1, 0.15) is 16.5 Å². The zero-order chi connectivity index (χ0) is 20.7. The molecule has 1 heterocycles. The third-order valence-electron chi connectivity index (χ3n) is 9.09. The maximum absolute atomic E-state index is 12.7. The van der Waals surface area contributed by atoms with Gasteiger partial charge in [0.15, 0.2) is 0 Å². The molecule has 4 aliphatic carbocycles. The first-order valence-electron chi connectivity index (χ1n) is 11.4. The molecule has 1 N–H and O–H groups in total. The van der Waals surface area contributed by atoms with Crippen LogP contribution in [0.4, 0.5) is 0 Å². The van der Waals surface area contributed by atoms with E-state index in [9.17, 15) is 9.90 Å². The molecule has 2 saturated carbocycles. The van der Waals surface area contributed by atoms with Crippen molar-refractivity contribution in [2.24, 2.45) is 28.6 Å². The Morgan fingerprint density at radius 2 is 1.93 bits per heavy atom. The predicted molar refractivity (Wildman–Crippen MR) is 120 cm³/mol. The zero-order valence-electron chi connectivity index (χ0n) is 17.8. The Bertz CT molecular complexity index is 1080. The Balaban J connectivity index is 1.40. The van der Waals surface area contributed by atoms with E-state index in [-0.39, 0.29) is 10.8 Å². The van der Waals surface area contributed by atoms with E-state index in [2.05, 4.69) is 19.9 Å². The highest BCUT2D eigenvalue weighted by atomic mass is 32.1. The number of aromatic nitrogens is 1. The number of carbonyl (C=O) groups excluding carboxylic acids is 1. The first kappa shape index (κ1) is 18.8. The number of fused-ring (bicyclic) bond motifs is 7. The molecule has 0 amide bonds. The van der Waals surface area contributed by atoms with Gasteiger partial charge in [0.05, 0.1) is 10.6 Å². The number of allylic oxidation sites excluding steroid dienone is 2. The number of rotatable bonds is 1. The van der Waals surface area contributed by atoms with Gasteiger partial charge in [0.2, 0.25) is 0 Å². The van der Waals surface area contributed by atoms with Gasteiger partial charge in [-0.05, 0) is 79.4 Å². The molecule has 1 aromatic heterocycles. The SMILES string of the molecule is C[C@]12CCc3nc(-c4cccc(O)c4)sc3C1=CC[C@@H]1[C@@H]2CC[C@]2(C)C(=O)CC[C@@H]12. The van der Waals surface area contributed by atoms with Crippen molar-refractivity contribution in [3.05, 3.63) is 40.9 Å². The van der Waals surface area contributed by atoms with Crippen molar-refractivity contribution < 1.29 is 9.90 Å². The molecule has 4 heteroatoms. The van der Waals surface area contributed by atoms with Gasteiger partial charge in [-0.25, -0.2) is 4.98 Å². The number of carbonyl (C=O) groups is 1. The summed E-state index contributed by atoms with van der Waals surface area (Å²) in [5, 5.41) is 10.9. The van der Waals surface area contributed by atoms with Crippen molar-refractivity contribution in [3.63, 3.8) is 0 Å². The monoisotopic (exact) mass is 419 g/mol. The van der Waals surface area contributed by atoms with Gasteiger partial charge in [0.25, 0.3) is 0 Å². The number of Topliss-reactive ketones (excluding diaryl/α,β-unsaturated/α-hetero) is 1. The summed E-state index contributed by atoms with van der Waals surface area (Å²) in [5.74, 6) is 2.73. The number of benzene rings is 1. The number of aryl methyl sites for hydroxylation is 1. The Kier molecular flexibility index (Phi) is 3.94. The van der Waals surface area contributed by atoms with E-state index < -0.39 is 0 Å². The third kappa shape index (κ3) is 2.43. The molecule has 6 rings (SSSR count). The van der Waals surface area contributed by atoms with Crippen molar-refractivity contribution in [2.45, 2.75) is 58.8 Å². The largest absolute Gasteiger partial charge is 0.508 e. The summed E-state index contributed by atoms with van der Waals surface area (Å²) in [7, 11) is 0. The van der Waals surface area contributed by atoms with E-state index in [1.807, 2.05) is 18.2 Å². The molecule has 1 aromatic carbocycles. The van der Waals surface area contributed by atoms with Crippen LogP contribution in [0.25, 0.3) is 16.1 Å². The lowest BCUT2D eigenvalue weighted by Gasteiger charge is -2.55. The number of thiazole rings is 1. The number of nitrogens with zero attached hydrogens (tertiary/aromatic N) is 1. The lowest BCUT2D eigenvalue weighted by Crippen LogP contribution is -2.49. The Hall–Kier alpha value is -1.94. The molecular formula is C26H29NO2S. The number of phenolic OH excluding ortho intramolecular Hbond substituents is 1. The lowest BCUT2D eigenvalue weighted by molar-refractivity contribution is -0.131. The second kappa shape index (κ2) is 6.29. The maximum atomic E-state index is 12.7. The van der Waals surface area contributed by atoms with Crippen LogP contribution in [0.2, 0.25) is 0 Å².